The van der Waals surface area contributed by atoms with E-state index in [9.17, 15) is 0 Å². The van der Waals surface area contributed by atoms with Gasteiger partial charge in [-0.1, -0.05) is 65.7 Å². The van der Waals surface area contributed by atoms with Gasteiger partial charge in [0.05, 0.1) is 11.2 Å². The molecular weight excluding hydrogens is 339 g/mol. The molecular formula is C20H12Cl2N2. The minimum atomic E-state index is 0.645. The van der Waals surface area contributed by atoms with E-state index in [1.807, 2.05) is 72.8 Å². The Labute approximate surface area is 149 Å². The zero-order chi connectivity index (χ0) is 16.5. The van der Waals surface area contributed by atoms with Gasteiger partial charge in [0.15, 0.2) is 5.82 Å². The van der Waals surface area contributed by atoms with Crippen molar-refractivity contribution in [3.63, 3.8) is 0 Å². The van der Waals surface area contributed by atoms with E-state index in [-0.39, 0.29) is 0 Å². The monoisotopic (exact) mass is 350 g/mol. The van der Waals surface area contributed by atoms with E-state index in [2.05, 4.69) is 0 Å². The predicted octanol–water partition coefficient (Wildman–Crippen LogP) is 6.27. The van der Waals surface area contributed by atoms with Crippen molar-refractivity contribution in [3.8, 4) is 22.6 Å². The Balaban J connectivity index is 2.01. The van der Waals surface area contributed by atoms with Gasteiger partial charge in [-0.25, -0.2) is 9.97 Å². The van der Waals surface area contributed by atoms with Gasteiger partial charge in [0.2, 0.25) is 0 Å². The number of benzene rings is 3. The Morgan fingerprint density at radius 3 is 2.04 bits per heavy atom. The molecule has 3 aromatic carbocycles. The summed E-state index contributed by atoms with van der Waals surface area (Å²) in [5, 5.41) is 2.33. The van der Waals surface area contributed by atoms with E-state index in [0.29, 0.717) is 15.9 Å². The maximum absolute atomic E-state index is 6.16. The fourth-order valence-electron chi connectivity index (χ4n) is 2.69. The van der Waals surface area contributed by atoms with Gasteiger partial charge in [-0.3, -0.25) is 0 Å². The van der Waals surface area contributed by atoms with E-state index < -0.39 is 0 Å². The number of rotatable bonds is 2. The lowest BCUT2D eigenvalue weighted by Gasteiger charge is -2.09. The second-order valence-corrected chi connectivity index (χ2v) is 6.31. The summed E-state index contributed by atoms with van der Waals surface area (Å²) < 4.78 is 0. The standard InChI is InChI=1S/C20H12Cl2N2/c21-15-7-3-5-13(11-15)19-17-9-1-2-10-18(17)23-20(24-19)14-6-4-8-16(22)12-14/h1-12H. The Morgan fingerprint density at radius 2 is 1.29 bits per heavy atom. The van der Waals surface area contributed by atoms with E-state index in [1.165, 1.54) is 0 Å². The molecule has 0 radical (unpaired) electrons. The zero-order valence-electron chi connectivity index (χ0n) is 12.6. The van der Waals surface area contributed by atoms with Gasteiger partial charge >= 0.3 is 0 Å². The first kappa shape index (κ1) is 15.1. The quantitative estimate of drug-likeness (QED) is 0.425. The number of hydrogen-bond donors (Lipinski definition) is 0. The molecule has 0 fully saturated rings. The van der Waals surface area contributed by atoms with Gasteiger partial charge in [0.1, 0.15) is 0 Å². The minimum absolute atomic E-state index is 0.645. The molecule has 0 aliphatic heterocycles. The number of nitrogens with zero attached hydrogens (tertiary/aromatic N) is 2. The molecule has 0 aliphatic rings. The van der Waals surface area contributed by atoms with Crippen LogP contribution in [0.4, 0.5) is 0 Å². The van der Waals surface area contributed by atoms with Crippen LogP contribution in [0.2, 0.25) is 10.0 Å². The highest BCUT2D eigenvalue weighted by Gasteiger charge is 2.11. The van der Waals surface area contributed by atoms with Gasteiger partial charge in [0, 0.05) is 26.6 Å². The maximum atomic E-state index is 6.16. The van der Waals surface area contributed by atoms with Gasteiger partial charge in [0.25, 0.3) is 0 Å². The van der Waals surface area contributed by atoms with Crippen LogP contribution < -0.4 is 0 Å². The molecule has 0 aliphatic carbocycles. The van der Waals surface area contributed by atoms with Crippen LogP contribution in [0, 0.1) is 0 Å². The summed E-state index contributed by atoms with van der Waals surface area (Å²) in [6, 6.07) is 23.2. The molecule has 1 aromatic heterocycles. The average molecular weight is 351 g/mol. The molecule has 0 bridgehead atoms. The summed E-state index contributed by atoms with van der Waals surface area (Å²) in [6.07, 6.45) is 0. The highest BCUT2D eigenvalue weighted by atomic mass is 35.5. The zero-order valence-corrected chi connectivity index (χ0v) is 14.1. The van der Waals surface area contributed by atoms with Crippen LogP contribution in [0.3, 0.4) is 0 Å². The fraction of sp³-hybridized carbons (Fsp3) is 0. The molecule has 0 N–H and O–H groups in total. The van der Waals surface area contributed by atoms with Crippen LogP contribution in [-0.4, -0.2) is 9.97 Å². The summed E-state index contributed by atoms with van der Waals surface area (Å²) in [5.74, 6) is 0.645. The van der Waals surface area contributed by atoms with Gasteiger partial charge in [-0.05, 0) is 30.3 Å². The maximum Gasteiger partial charge on any atom is 0.160 e. The lowest BCUT2D eigenvalue weighted by Crippen LogP contribution is -1.95. The largest absolute Gasteiger partial charge is 0.228 e. The first-order valence-corrected chi connectivity index (χ1v) is 8.25. The second kappa shape index (κ2) is 6.23. The molecule has 4 aromatic rings. The molecule has 0 saturated carbocycles. The third-order valence-corrected chi connectivity index (χ3v) is 4.25. The van der Waals surface area contributed by atoms with Crippen molar-refractivity contribution in [2.45, 2.75) is 0 Å². The highest BCUT2D eigenvalue weighted by molar-refractivity contribution is 6.31. The summed E-state index contributed by atoms with van der Waals surface area (Å²) in [4.78, 5) is 9.49. The molecule has 4 rings (SSSR count). The molecule has 116 valence electrons. The first-order chi connectivity index (χ1) is 11.7. The first-order valence-electron chi connectivity index (χ1n) is 7.49. The molecule has 0 saturated heterocycles. The number of halogens is 2. The van der Waals surface area contributed by atoms with Crippen molar-refractivity contribution in [1.29, 1.82) is 0 Å². The third-order valence-electron chi connectivity index (χ3n) is 3.78. The molecule has 0 unspecified atom stereocenters. The second-order valence-electron chi connectivity index (χ2n) is 5.43. The van der Waals surface area contributed by atoms with Crippen LogP contribution in [0.25, 0.3) is 33.5 Å². The van der Waals surface area contributed by atoms with Gasteiger partial charge in [-0.2, -0.15) is 0 Å². The highest BCUT2D eigenvalue weighted by Crippen LogP contribution is 2.30. The van der Waals surface area contributed by atoms with E-state index in [1.54, 1.807) is 0 Å². The molecule has 4 heteroatoms. The van der Waals surface area contributed by atoms with E-state index in [0.717, 1.165) is 27.7 Å². The lowest BCUT2D eigenvalue weighted by molar-refractivity contribution is 1.23. The molecule has 0 amide bonds. The number of hydrogen-bond acceptors (Lipinski definition) is 2. The SMILES string of the molecule is Clc1cccc(-c2nc(-c3cccc(Cl)c3)c3ccccc3n2)c1. The lowest BCUT2D eigenvalue weighted by atomic mass is 10.1. The van der Waals surface area contributed by atoms with Crippen molar-refractivity contribution in [1.82, 2.24) is 9.97 Å². The topological polar surface area (TPSA) is 25.8 Å². The molecule has 1 heterocycles. The van der Waals surface area contributed by atoms with Crippen LogP contribution in [-0.2, 0) is 0 Å². The van der Waals surface area contributed by atoms with Crippen molar-refractivity contribution < 1.29 is 0 Å². The summed E-state index contributed by atoms with van der Waals surface area (Å²) in [5.41, 5.74) is 3.59. The smallest absolute Gasteiger partial charge is 0.160 e. The van der Waals surface area contributed by atoms with Crippen molar-refractivity contribution in [2.24, 2.45) is 0 Å². The van der Waals surface area contributed by atoms with Crippen LogP contribution in [0.5, 0.6) is 0 Å². The number of para-hydroxylation sites is 1. The Morgan fingerprint density at radius 1 is 0.625 bits per heavy atom. The van der Waals surface area contributed by atoms with Crippen molar-refractivity contribution >= 4 is 34.1 Å². The Bertz CT molecular complexity index is 1040. The summed E-state index contributed by atoms with van der Waals surface area (Å²) in [6.45, 7) is 0. The molecule has 0 atom stereocenters. The number of fused-ring (bicyclic) bond motifs is 1. The Hall–Kier alpha value is -2.42. The van der Waals surface area contributed by atoms with Crippen LogP contribution in [0.1, 0.15) is 0 Å². The van der Waals surface area contributed by atoms with Crippen molar-refractivity contribution in [3.05, 3.63) is 82.8 Å². The molecule has 2 nitrogen and oxygen atoms in total. The van der Waals surface area contributed by atoms with E-state index >= 15 is 0 Å². The fourth-order valence-corrected chi connectivity index (χ4v) is 3.07. The third kappa shape index (κ3) is 2.86. The van der Waals surface area contributed by atoms with Crippen LogP contribution >= 0.6 is 23.2 Å². The predicted molar refractivity (Wildman–Crippen MR) is 100 cm³/mol. The summed E-state index contributed by atoms with van der Waals surface area (Å²) >= 11 is 12.3. The van der Waals surface area contributed by atoms with E-state index in [4.69, 9.17) is 33.2 Å². The molecule has 0 spiro atoms. The summed E-state index contributed by atoms with van der Waals surface area (Å²) in [7, 11) is 0. The number of aromatic nitrogens is 2. The van der Waals surface area contributed by atoms with Crippen LogP contribution in [0.15, 0.2) is 72.8 Å². The Kier molecular flexibility index (Phi) is 3.93. The molecule has 24 heavy (non-hydrogen) atoms. The average Bonchev–Trinajstić information content (AvgIpc) is 2.61. The van der Waals surface area contributed by atoms with Crippen molar-refractivity contribution in [2.75, 3.05) is 0 Å². The normalized spacial score (nSPS) is 10.9. The van der Waals surface area contributed by atoms with Gasteiger partial charge < -0.3 is 0 Å². The van der Waals surface area contributed by atoms with Gasteiger partial charge in [-0.15, -0.1) is 0 Å². The minimum Gasteiger partial charge on any atom is -0.228 e.